The van der Waals surface area contributed by atoms with Gasteiger partial charge in [0, 0.05) is 6.04 Å². The zero-order valence-corrected chi connectivity index (χ0v) is 7.55. The lowest BCUT2D eigenvalue weighted by molar-refractivity contribution is -0.110. The second-order valence-electron chi connectivity index (χ2n) is 2.72. The predicted molar refractivity (Wildman–Crippen MR) is 46.2 cm³/mol. The van der Waals surface area contributed by atoms with Gasteiger partial charge < -0.3 is 5.32 Å². The van der Waals surface area contributed by atoms with Crippen LogP contribution >= 0.6 is 0 Å². The third kappa shape index (κ3) is 4.79. The van der Waals surface area contributed by atoms with Crippen molar-refractivity contribution >= 4 is 6.41 Å². The minimum Gasteiger partial charge on any atom is -0.343 e. The Balaban J connectivity index is 3.57. The number of hydrogen-bond acceptors (Lipinski definition) is 2. The van der Waals surface area contributed by atoms with Gasteiger partial charge in [0.25, 0.3) is 0 Å². The van der Waals surface area contributed by atoms with Crippen LogP contribution in [0, 0.1) is 0 Å². The largest absolute Gasteiger partial charge is 0.343 e. The van der Waals surface area contributed by atoms with Crippen LogP contribution in [-0.2, 0) is 4.79 Å². The van der Waals surface area contributed by atoms with Crippen molar-refractivity contribution in [3.63, 3.8) is 0 Å². The summed E-state index contributed by atoms with van der Waals surface area (Å²) in [6.07, 6.45) is 2.87. The van der Waals surface area contributed by atoms with Crippen LogP contribution in [-0.4, -0.2) is 18.6 Å². The van der Waals surface area contributed by atoms with Gasteiger partial charge in [0.1, 0.15) is 0 Å². The monoisotopic (exact) mass is 158 g/mol. The molecular formula is C8H18N2O. The Bertz CT molecular complexity index is 106. The van der Waals surface area contributed by atoms with Crippen LogP contribution in [0.3, 0.4) is 0 Å². The van der Waals surface area contributed by atoms with E-state index in [-0.39, 0.29) is 6.17 Å². The van der Waals surface area contributed by atoms with Gasteiger partial charge in [0.2, 0.25) is 6.41 Å². The Morgan fingerprint density at radius 3 is 2.36 bits per heavy atom. The van der Waals surface area contributed by atoms with Gasteiger partial charge in [-0.3, -0.25) is 10.1 Å². The summed E-state index contributed by atoms with van der Waals surface area (Å²) in [5.74, 6) is 0. The fourth-order valence-corrected chi connectivity index (χ4v) is 0.827. The molecule has 0 saturated heterocycles. The number of amides is 1. The molecular weight excluding hydrogens is 140 g/mol. The molecule has 0 aromatic heterocycles. The van der Waals surface area contributed by atoms with Crippen LogP contribution < -0.4 is 10.6 Å². The van der Waals surface area contributed by atoms with Crippen molar-refractivity contribution in [2.75, 3.05) is 0 Å². The summed E-state index contributed by atoms with van der Waals surface area (Å²) in [7, 11) is 0. The number of carbonyl (C=O) groups is 1. The molecule has 11 heavy (non-hydrogen) atoms. The van der Waals surface area contributed by atoms with E-state index in [0.29, 0.717) is 6.04 Å². The van der Waals surface area contributed by atoms with Crippen LogP contribution in [0.4, 0.5) is 0 Å². The van der Waals surface area contributed by atoms with Gasteiger partial charge in [-0.1, -0.05) is 13.8 Å². The first-order valence-electron chi connectivity index (χ1n) is 4.20. The lowest BCUT2D eigenvalue weighted by Crippen LogP contribution is -2.45. The smallest absolute Gasteiger partial charge is 0.208 e. The van der Waals surface area contributed by atoms with E-state index in [2.05, 4.69) is 24.5 Å². The van der Waals surface area contributed by atoms with E-state index in [0.717, 1.165) is 19.3 Å². The highest BCUT2D eigenvalue weighted by molar-refractivity contribution is 5.46. The molecule has 1 amide bonds. The zero-order chi connectivity index (χ0) is 8.69. The van der Waals surface area contributed by atoms with E-state index in [9.17, 15) is 4.79 Å². The highest BCUT2D eigenvalue weighted by Crippen LogP contribution is 1.92. The van der Waals surface area contributed by atoms with Crippen molar-refractivity contribution in [2.45, 2.75) is 45.8 Å². The van der Waals surface area contributed by atoms with Crippen molar-refractivity contribution in [3.05, 3.63) is 0 Å². The first-order valence-corrected chi connectivity index (χ1v) is 4.20. The summed E-state index contributed by atoms with van der Waals surface area (Å²) in [5, 5.41) is 5.98. The molecule has 2 atom stereocenters. The lowest BCUT2D eigenvalue weighted by Gasteiger charge is -2.20. The molecule has 2 N–H and O–H groups in total. The van der Waals surface area contributed by atoms with Gasteiger partial charge in [-0.15, -0.1) is 0 Å². The predicted octanol–water partition coefficient (Wildman–Crippen LogP) is 0.857. The van der Waals surface area contributed by atoms with Gasteiger partial charge in [0.15, 0.2) is 0 Å². The Hall–Kier alpha value is -0.570. The van der Waals surface area contributed by atoms with Crippen LogP contribution in [0.1, 0.15) is 33.6 Å². The van der Waals surface area contributed by atoms with Gasteiger partial charge in [0.05, 0.1) is 6.17 Å². The number of nitrogens with one attached hydrogen (secondary N) is 2. The molecule has 3 heteroatoms. The molecule has 0 spiro atoms. The summed E-state index contributed by atoms with van der Waals surface area (Å²) in [4.78, 5) is 10.1. The SMILES string of the molecule is CCC(C)NC(CC)NC=O. The fraction of sp³-hybridized carbons (Fsp3) is 0.875. The first kappa shape index (κ1) is 10.4. The average molecular weight is 158 g/mol. The van der Waals surface area contributed by atoms with E-state index >= 15 is 0 Å². The highest BCUT2D eigenvalue weighted by Gasteiger charge is 2.05. The molecule has 0 aromatic carbocycles. The Labute approximate surface area is 68.6 Å². The number of rotatable bonds is 6. The van der Waals surface area contributed by atoms with E-state index < -0.39 is 0 Å². The molecule has 0 heterocycles. The Morgan fingerprint density at radius 1 is 1.36 bits per heavy atom. The molecule has 0 aliphatic heterocycles. The van der Waals surface area contributed by atoms with E-state index in [1.54, 1.807) is 0 Å². The van der Waals surface area contributed by atoms with Gasteiger partial charge >= 0.3 is 0 Å². The summed E-state index contributed by atoms with van der Waals surface area (Å²) in [6, 6.07) is 0.465. The topological polar surface area (TPSA) is 41.1 Å². The number of carbonyl (C=O) groups excluding carboxylic acids is 1. The van der Waals surface area contributed by atoms with Crippen molar-refractivity contribution in [1.29, 1.82) is 0 Å². The van der Waals surface area contributed by atoms with Crippen molar-refractivity contribution < 1.29 is 4.79 Å². The molecule has 0 radical (unpaired) electrons. The summed E-state index contributed by atoms with van der Waals surface area (Å²) < 4.78 is 0. The van der Waals surface area contributed by atoms with E-state index in [1.165, 1.54) is 0 Å². The third-order valence-electron chi connectivity index (χ3n) is 1.78. The van der Waals surface area contributed by atoms with Crippen LogP contribution in [0.5, 0.6) is 0 Å². The Morgan fingerprint density at radius 2 is 2.00 bits per heavy atom. The molecule has 0 bridgehead atoms. The molecule has 0 rings (SSSR count). The minimum absolute atomic E-state index is 0.127. The fourth-order valence-electron chi connectivity index (χ4n) is 0.827. The normalized spacial score (nSPS) is 15.5. The van der Waals surface area contributed by atoms with Gasteiger partial charge in [-0.25, -0.2) is 0 Å². The maximum atomic E-state index is 10.1. The Kier molecular flexibility index (Phi) is 5.84. The molecule has 66 valence electrons. The van der Waals surface area contributed by atoms with Crippen LogP contribution in [0.2, 0.25) is 0 Å². The maximum Gasteiger partial charge on any atom is 0.208 e. The van der Waals surface area contributed by atoms with Gasteiger partial charge in [-0.2, -0.15) is 0 Å². The molecule has 0 aliphatic carbocycles. The van der Waals surface area contributed by atoms with Crippen LogP contribution in [0.15, 0.2) is 0 Å². The summed E-state index contributed by atoms with van der Waals surface area (Å²) in [5.41, 5.74) is 0. The van der Waals surface area contributed by atoms with Crippen molar-refractivity contribution in [1.82, 2.24) is 10.6 Å². The van der Waals surface area contributed by atoms with Crippen molar-refractivity contribution in [3.8, 4) is 0 Å². The second-order valence-corrected chi connectivity index (χ2v) is 2.72. The summed E-state index contributed by atoms with van der Waals surface area (Å²) in [6.45, 7) is 6.26. The van der Waals surface area contributed by atoms with Gasteiger partial charge in [-0.05, 0) is 19.8 Å². The standard InChI is InChI=1S/C8H18N2O/c1-4-7(3)10-8(5-2)9-6-11/h6-8,10H,4-5H2,1-3H3,(H,9,11). The highest BCUT2D eigenvalue weighted by atomic mass is 16.1. The average Bonchev–Trinajstić information content (AvgIpc) is 2.03. The van der Waals surface area contributed by atoms with Crippen molar-refractivity contribution in [2.24, 2.45) is 0 Å². The van der Waals surface area contributed by atoms with E-state index in [1.807, 2.05) is 6.92 Å². The first-order chi connectivity index (χ1) is 5.24. The molecule has 0 fully saturated rings. The van der Waals surface area contributed by atoms with E-state index in [4.69, 9.17) is 0 Å². The quantitative estimate of drug-likeness (QED) is 0.444. The lowest BCUT2D eigenvalue weighted by atomic mass is 10.2. The maximum absolute atomic E-state index is 10.1. The molecule has 2 unspecified atom stereocenters. The second kappa shape index (κ2) is 6.16. The number of hydrogen-bond donors (Lipinski definition) is 2. The van der Waals surface area contributed by atoms with Crippen LogP contribution in [0.25, 0.3) is 0 Å². The molecule has 0 aromatic rings. The zero-order valence-electron chi connectivity index (χ0n) is 7.55. The summed E-state index contributed by atoms with van der Waals surface area (Å²) >= 11 is 0. The third-order valence-corrected chi connectivity index (χ3v) is 1.78. The molecule has 0 saturated carbocycles. The molecule has 0 aliphatic rings. The minimum atomic E-state index is 0.127. The molecule has 3 nitrogen and oxygen atoms in total.